The van der Waals surface area contributed by atoms with Crippen LogP contribution < -0.4 is 10.5 Å². The van der Waals surface area contributed by atoms with Gasteiger partial charge in [0.05, 0.1) is 0 Å². The van der Waals surface area contributed by atoms with Crippen LogP contribution in [0.15, 0.2) is 41.0 Å². The molecule has 2 aromatic rings. The summed E-state index contributed by atoms with van der Waals surface area (Å²) in [7, 11) is 0. The maximum Gasteiger partial charge on any atom is 0.219 e. The summed E-state index contributed by atoms with van der Waals surface area (Å²) in [5, 5.41) is 0. The van der Waals surface area contributed by atoms with Crippen molar-refractivity contribution in [2.45, 2.75) is 6.54 Å². The van der Waals surface area contributed by atoms with E-state index >= 15 is 0 Å². The lowest BCUT2D eigenvalue weighted by atomic mass is 10.3. The highest BCUT2D eigenvalue weighted by Gasteiger charge is 2.06. The molecule has 0 aliphatic rings. The number of halogens is 2. The second kappa shape index (κ2) is 5.25. The van der Waals surface area contributed by atoms with Gasteiger partial charge in [-0.15, -0.1) is 0 Å². The summed E-state index contributed by atoms with van der Waals surface area (Å²) in [4.78, 5) is 3.99. The molecule has 3 nitrogen and oxygen atoms in total. The van der Waals surface area contributed by atoms with Gasteiger partial charge in [-0.2, -0.15) is 0 Å². The fraction of sp³-hybridized carbons (Fsp3) is 0.0833. The fourth-order valence-corrected chi connectivity index (χ4v) is 1.64. The van der Waals surface area contributed by atoms with Crippen molar-refractivity contribution in [1.29, 1.82) is 0 Å². The Labute approximate surface area is 107 Å². The molecule has 0 saturated heterocycles. The summed E-state index contributed by atoms with van der Waals surface area (Å²) in [5.41, 5.74) is 6.38. The zero-order chi connectivity index (χ0) is 12.3. The van der Waals surface area contributed by atoms with Crippen molar-refractivity contribution in [3.8, 4) is 11.6 Å². The third kappa shape index (κ3) is 3.01. The van der Waals surface area contributed by atoms with Crippen molar-refractivity contribution in [2.75, 3.05) is 0 Å². The van der Waals surface area contributed by atoms with Crippen LogP contribution in [0.3, 0.4) is 0 Å². The van der Waals surface area contributed by atoms with Gasteiger partial charge in [-0.05, 0) is 29.8 Å². The van der Waals surface area contributed by atoms with Gasteiger partial charge in [-0.25, -0.2) is 9.37 Å². The first-order chi connectivity index (χ1) is 8.19. The molecule has 0 aliphatic carbocycles. The van der Waals surface area contributed by atoms with Crippen molar-refractivity contribution >= 4 is 15.9 Å². The van der Waals surface area contributed by atoms with E-state index in [1.54, 1.807) is 30.5 Å². The highest BCUT2D eigenvalue weighted by atomic mass is 79.9. The van der Waals surface area contributed by atoms with Crippen molar-refractivity contribution in [3.63, 3.8) is 0 Å². The van der Waals surface area contributed by atoms with Crippen LogP contribution in [0.1, 0.15) is 5.56 Å². The smallest absolute Gasteiger partial charge is 0.219 e. The van der Waals surface area contributed by atoms with E-state index in [0.29, 0.717) is 12.4 Å². The van der Waals surface area contributed by atoms with E-state index in [1.807, 2.05) is 0 Å². The average molecular weight is 297 g/mol. The SMILES string of the molecule is NCc1ccnc(Oc2cc(Br)ccc2F)c1. The number of hydrogen-bond donors (Lipinski definition) is 1. The quantitative estimate of drug-likeness (QED) is 0.946. The minimum atomic E-state index is -0.437. The maximum absolute atomic E-state index is 13.4. The number of rotatable bonds is 3. The van der Waals surface area contributed by atoms with Gasteiger partial charge < -0.3 is 10.5 Å². The Balaban J connectivity index is 2.27. The summed E-state index contributed by atoms with van der Waals surface area (Å²) < 4.78 is 19.5. The number of aromatic nitrogens is 1. The molecule has 2 N–H and O–H groups in total. The lowest BCUT2D eigenvalue weighted by molar-refractivity contribution is 0.426. The monoisotopic (exact) mass is 296 g/mol. The highest BCUT2D eigenvalue weighted by Crippen LogP contribution is 2.26. The summed E-state index contributed by atoms with van der Waals surface area (Å²) in [6.07, 6.45) is 1.58. The molecular weight excluding hydrogens is 287 g/mol. The van der Waals surface area contributed by atoms with Crippen LogP contribution in [0.2, 0.25) is 0 Å². The number of benzene rings is 1. The van der Waals surface area contributed by atoms with E-state index in [2.05, 4.69) is 20.9 Å². The molecule has 0 unspecified atom stereocenters. The Morgan fingerprint density at radius 3 is 2.88 bits per heavy atom. The molecule has 1 aromatic heterocycles. The second-order valence-electron chi connectivity index (χ2n) is 3.38. The number of ether oxygens (including phenoxy) is 1. The van der Waals surface area contributed by atoms with E-state index in [1.165, 1.54) is 6.07 Å². The van der Waals surface area contributed by atoms with Gasteiger partial charge in [-0.3, -0.25) is 0 Å². The van der Waals surface area contributed by atoms with Crippen molar-refractivity contribution in [3.05, 3.63) is 52.4 Å². The number of nitrogens with zero attached hydrogens (tertiary/aromatic N) is 1. The molecule has 1 heterocycles. The topological polar surface area (TPSA) is 48.1 Å². The minimum Gasteiger partial charge on any atom is -0.436 e. The molecule has 1 aromatic carbocycles. The van der Waals surface area contributed by atoms with Crippen LogP contribution >= 0.6 is 15.9 Å². The summed E-state index contributed by atoms with van der Waals surface area (Å²) >= 11 is 3.25. The molecule has 0 saturated carbocycles. The van der Waals surface area contributed by atoms with Gasteiger partial charge in [-0.1, -0.05) is 15.9 Å². The zero-order valence-corrected chi connectivity index (χ0v) is 10.4. The zero-order valence-electron chi connectivity index (χ0n) is 8.86. The number of nitrogens with two attached hydrogens (primary N) is 1. The Morgan fingerprint density at radius 1 is 1.29 bits per heavy atom. The lowest BCUT2D eigenvalue weighted by Crippen LogP contribution is -1.98. The standard InChI is InChI=1S/C12H10BrFN2O/c13-9-1-2-10(14)11(6-9)17-12-5-8(7-15)3-4-16-12/h1-6H,7,15H2. The van der Waals surface area contributed by atoms with Crippen LogP contribution in [0.25, 0.3) is 0 Å². The molecule has 5 heteroatoms. The predicted molar refractivity (Wildman–Crippen MR) is 66.3 cm³/mol. The van der Waals surface area contributed by atoms with Crippen LogP contribution in [-0.4, -0.2) is 4.98 Å². The Hall–Kier alpha value is -1.46. The first kappa shape index (κ1) is 12.0. The molecule has 0 radical (unpaired) electrons. The molecule has 17 heavy (non-hydrogen) atoms. The van der Waals surface area contributed by atoms with Crippen molar-refractivity contribution in [2.24, 2.45) is 5.73 Å². The van der Waals surface area contributed by atoms with Crippen molar-refractivity contribution < 1.29 is 9.13 Å². The second-order valence-corrected chi connectivity index (χ2v) is 4.30. The van der Waals surface area contributed by atoms with Crippen LogP contribution in [0.4, 0.5) is 4.39 Å². The van der Waals surface area contributed by atoms with Gasteiger partial charge in [0.15, 0.2) is 11.6 Å². The Morgan fingerprint density at radius 2 is 2.12 bits per heavy atom. The molecule has 0 aliphatic heterocycles. The third-order valence-electron chi connectivity index (χ3n) is 2.14. The largest absolute Gasteiger partial charge is 0.436 e. The molecule has 0 amide bonds. The minimum absolute atomic E-state index is 0.126. The van der Waals surface area contributed by atoms with Crippen LogP contribution in [0, 0.1) is 5.82 Å². The van der Waals surface area contributed by atoms with Crippen LogP contribution in [-0.2, 0) is 6.54 Å². The number of hydrogen-bond acceptors (Lipinski definition) is 3. The van der Waals surface area contributed by atoms with E-state index in [-0.39, 0.29) is 5.75 Å². The molecule has 0 bridgehead atoms. The molecule has 0 atom stereocenters. The molecular formula is C12H10BrFN2O. The van der Waals surface area contributed by atoms with E-state index < -0.39 is 5.82 Å². The molecule has 0 spiro atoms. The lowest BCUT2D eigenvalue weighted by Gasteiger charge is -2.07. The summed E-state index contributed by atoms with van der Waals surface area (Å²) in [6, 6.07) is 7.94. The van der Waals surface area contributed by atoms with Gasteiger partial charge in [0.1, 0.15) is 0 Å². The van der Waals surface area contributed by atoms with Crippen LogP contribution in [0.5, 0.6) is 11.6 Å². The molecule has 0 fully saturated rings. The number of pyridine rings is 1. The first-order valence-electron chi connectivity index (χ1n) is 4.97. The first-order valence-corrected chi connectivity index (χ1v) is 5.76. The van der Waals surface area contributed by atoms with Gasteiger partial charge in [0, 0.05) is 23.3 Å². The van der Waals surface area contributed by atoms with Gasteiger partial charge >= 0.3 is 0 Å². The Kier molecular flexibility index (Phi) is 3.71. The molecule has 2 rings (SSSR count). The predicted octanol–water partition coefficient (Wildman–Crippen LogP) is 3.23. The Bertz CT molecular complexity index is 534. The van der Waals surface area contributed by atoms with E-state index in [0.717, 1.165) is 10.0 Å². The fourth-order valence-electron chi connectivity index (χ4n) is 1.30. The summed E-state index contributed by atoms with van der Waals surface area (Å²) in [6.45, 7) is 0.389. The van der Waals surface area contributed by atoms with Gasteiger partial charge in [0.2, 0.25) is 5.88 Å². The van der Waals surface area contributed by atoms with E-state index in [4.69, 9.17) is 10.5 Å². The van der Waals surface area contributed by atoms with Crippen molar-refractivity contribution in [1.82, 2.24) is 4.98 Å². The van der Waals surface area contributed by atoms with Gasteiger partial charge in [0.25, 0.3) is 0 Å². The maximum atomic E-state index is 13.4. The normalized spacial score (nSPS) is 10.3. The third-order valence-corrected chi connectivity index (χ3v) is 2.64. The average Bonchev–Trinajstić information content (AvgIpc) is 2.34. The summed E-state index contributed by atoms with van der Waals surface area (Å²) in [5.74, 6) is 0.0131. The molecule has 88 valence electrons. The van der Waals surface area contributed by atoms with E-state index in [9.17, 15) is 4.39 Å². The highest BCUT2D eigenvalue weighted by molar-refractivity contribution is 9.10.